The Bertz CT molecular complexity index is 859. The van der Waals surface area contributed by atoms with Crippen molar-refractivity contribution >= 4 is 46.5 Å². The van der Waals surface area contributed by atoms with Crippen LogP contribution in [0, 0.1) is 0 Å². The van der Waals surface area contributed by atoms with Crippen molar-refractivity contribution in [2.75, 3.05) is 17.2 Å². The number of ketones is 1. The molecule has 0 saturated heterocycles. The van der Waals surface area contributed by atoms with Gasteiger partial charge in [-0.2, -0.15) is 0 Å². The van der Waals surface area contributed by atoms with Crippen molar-refractivity contribution in [3.05, 3.63) is 58.6 Å². The molecular formula is C19H17ClN2O5. The molecular weight excluding hydrogens is 372 g/mol. The van der Waals surface area contributed by atoms with Gasteiger partial charge in [0.05, 0.1) is 5.56 Å². The number of carbonyl (C=O) groups is 4. The fourth-order valence-corrected chi connectivity index (χ4v) is 2.36. The number of esters is 1. The first-order valence-corrected chi connectivity index (χ1v) is 8.28. The van der Waals surface area contributed by atoms with Crippen molar-refractivity contribution in [1.82, 2.24) is 0 Å². The van der Waals surface area contributed by atoms with Gasteiger partial charge in [0.15, 0.2) is 12.4 Å². The SMILES string of the molecule is CC(=O)Nc1cc(NC(C)=O)cc(C(=O)OCC(=O)c2ccc(Cl)cc2)c1. The van der Waals surface area contributed by atoms with Gasteiger partial charge >= 0.3 is 5.97 Å². The number of benzene rings is 2. The normalized spacial score (nSPS) is 10.0. The van der Waals surface area contributed by atoms with Crippen molar-refractivity contribution < 1.29 is 23.9 Å². The first-order chi connectivity index (χ1) is 12.7. The third kappa shape index (κ3) is 6.23. The molecule has 0 saturated carbocycles. The van der Waals surface area contributed by atoms with E-state index in [1.54, 1.807) is 12.1 Å². The highest BCUT2D eigenvalue weighted by atomic mass is 35.5. The van der Waals surface area contributed by atoms with E-state index in [9.17, 15) is 19.2 Å². The Morgan fingerprint density at radius 1 is 0.852 bits per heavy atom. The van der Waals surface area contributed by atoms with Crippen LogP contribution >= 0.6 is 11.6 Å². The summed E-state index contributed by atoms with van der Waals surface area (Å²) in [6.45, 7) is 2.17. The van der Waals surface area contributed by atoms with E-state index in [4.69, 9.17) is 16.3 Å². The van der Waals surface area contributed by atoms with Crippen molar-refractivity contribution in [1.29, 1.82) is 0 Å². The van der Waals surface area contributed by atoms with Gasteiger partial charge < -0.3 is 15.4 Å². The Morgan fingerprint density at radius 2 is 1.37 bits per heavy atom. The number of halogens is 1. The predicted molar refractivity (Wildman–Crippen MR) is 101 cm³/mol. The second-order valence-corrected chi connectivity index (χ2v) is 6.10. The van der Waals surface area contributed by atoms with Crippen molar-refractivity contribution in [2.24, 2.45) is 0 Å². The van der Waals surface area contributed by atoms with E-state index < -0.39 is 12.6 Å². The van der Waals surface area contributed by atoms with Gasteiger partial charge in [-0.25, -0.2) is 4.79 Å². The lowest BCUT2D eigenvalue weighted by atomic mass is 10.1. The number of anilines is 2. The Kier molecular flexibility index (Phi) is 6.67. The fraction of sp³-hybridized carbons (Fsp3) is 0.158. The zero-order chi connectivity index (χ0) is 20.0. The van der Waals surface area contributed by atoms with Crippen LogP contribution < -0.4 is 10.6 Å². The van der Waals surface area contributed by atoms with E-state index in [2.05, 4.69) is 10.6 Å². The van der Waals surface area contributed by atoms with E-state index in [1.165, 1.54) is 44.2 Å². The van der Waals surface area contributed by atoms with Crippen LogP contribution in [-0.4, -0.2) is 30.2 Å². The summed E-state index contributed by atoms with van der Waals surface area (Å²) in [6.07, 6.45) is 0. The highest BCUT2D eigenvalue weighted by Crippen LogP contribution is 2.20. The largest absolute Gasteiger partial charge is 0.454 e. The van der Waals surface area contributed by atoms with Gasteiger partial charge in [-0.15, -0.1) is 0 Å². The summed E-state index contributed by atoms with van der Waals surface area (Å²) >= 11 is 5.77. The maximum absolute atomic E-state index is 12.3. The molecule has 27 heavy (non-hydrogen) atoms. The zero-order valence-corrected chi connectivity index (χ0v) is 15.4. The van der Waals surface area contributed by atoms with E-state index in [0.29, 0.717) is 22.0 Å². The molecule has 7 nitrogen and oxygen atoms in total. The van der Waals surface area contributed by atoms with Gasteiger partial charge in [-0.3, -0.25) is 14.4 Å². The van der Waals surface area contributed by atoms with Crippen LogP contribution in [0.1, 0.15) is 34.6 Å². The average Bonchev–Trinajstić information content (AvgIpc) is 2.58. The molecule has 2 aromatic carbocycles. The van der Waals surface area contributed by atoms with Gasteiger partial charge in [-0.05, 0) is 42.5 Å². The minimum Gasteiger partial charge on any atom is -0.454 e. The minimum absolute atomic E-state index is 0.0777. The van der Waals surface area contributed by atoms with Gasteiger partial charge in [0.2, 0.25) is 11.8 Å². The standard InChI is InChI=1S/C19H17ClN2O5/c1-11(23)21-16-7-14(8-17(9-16)22-12(2)24)19(26)27-10-18(25)13-3-5-15(20)6-4-13/h3-9H,10H2,1-2H3,(H,21,23)(H,22,24). The maximum Gasteiger partial charge on any atom is 0.338 e. The summed E-state index contributed by atoms with van der Waals surface area (Å²) in [7, 11) is 0. The fourth-order valence-electron chi connectivity index (χ4n) is 2.23. The second kappa shape index (κ2) is 8.95. The number of Topliss-reactive ketones (excluding diaryl/α,β-unsaturated/α-hetero) is 1. The summed E-state index contributed by atoms with van der Waals surface area (Å²) in [5.41, 5.74) is 1.06. The van der Waals surface area contributed by atoms with Gasteiger partial charge in [0.1, 0.15) is 0 Å². The highest BCUT2D eigenvalue weighted by molar-refractivity contribution is 6.30. The molecule has 0 atom stereocenters. The van der Waals surface area contributed by atoms with E-state index in [0.717, 1.165) is 0 Å². The first kappa shape index (κ1) is 20.1. The molecule has 0 bridgehead atoms. The molecule has 2 amide bonds. The molecule has 8 heteroatoms. The lowest BCUT2D eigenvalue weighted by molar-refractivity contribution is -0.115. The van der Waals surface area contributed by atoms with E-state index in [-0.39, 0.29) is 23.2 Å². The molecule has 0 aromatic heterocycles. The van der Waals surface area contributed by atoms with E-state index >= 15 is 0 Å². The third-order valence-electron chi connectivity index (χ3n) is 3.31. The van der Waals surface area contributed by atoms with Crippen molar-refractivity contribution in [3.8, 4) is 0 Å². The lowest BCUT2D eigenvalue weighted by Crippen LogP contribution is -2.15. The monoisotopic (exact) mass is 388 g/mol. The molecule has 0 fully saturated rings. The number of hydrogen-bond acceptors (Lipinski definition) is 5. The number of nitrogens with one attached hydrogen (secondary N) is 2. The first-order valence-electron chi connectivity index (χ1n) is 7.91. The molecule has 2 aromatic rings. The smallest absolute Gasteiger partial charge is 0.338 e. The number of ether oxygens (including phenoxy) is 1. The van der Waals surface area contributed by atoms with Crippen LogP contribution in [0.2, 0.25) is 5.02 Å². The molecule has 2 N–H and O–H groups in total. The maximum atomic E-state index is 12.3. The third-order valence-corrected chi connectivity index (χ3v) is 3.56. The van der Waals surface area contributed by atoms with Gasteiger partial charge in [0, 0.05) is 35.8 Å². The molecule has 0 spiro atoms. The number of hydrogen-bond donors (Lipinski definition) is 2. The number of rotatable bonds is 6. The molecule has 0 aliphatic carbocycles. The predicted octanol–water partition coefficient (Wildman–Crippen LogP) is 3.30. The zero-order valence-electron chi connectivity index (χ0n) is 14.7. The van der Waals surface area contributed by atoms with Crippen LogP contribution in [-0.2, 0) is 14.3 Å². The van der Waals surface area contributed by atoms with Crippen LogP contribution in [0.25, 0.3) is 0 Å². The van der Waals surface area contributed by atoms with Crippen LogP contribution in [0.3, 0.4) is 0 Å². The number of carbonyl (C=O) groups excluding carboxylic acids is 4. The van der Waals surface area contributed by atoms with Crippen molar-refractivity contribution in [3.63, 3.8) is 0 Å². The van der Waals surface area contributed by atoms with Crippen LogP contribution in [0.5, 0.6) is 0 Å². The second-order valence-electron chi connectivity index (χ2n) is 5.67. The quantitative estimate of drug-likeness (QED) is 0.584. The Hall–Kier alpha value is -3.19. The lowest BCUT2D eigenvalue weighted by Gasteiger charge is -2.10. The molecule has 0 aliphatic heterocycles. The minimum atomic E-state index is -0.767. The summed E-state index contributed by atoms with van der Waals surface area (Å²) in [5, 5.41) is 5.55. The Labute approximate surface area is 160 Å². The molecule has 0 aliphatic rings. The van der Waals surface area contributed by atoms with Crippen LogP contribution in [0.4, 0.5) is 11.4 Å². The molecule has 140 valence electrons. The summed E-state index contributed by atoms with van der Waals surface area (Å²) in [5.74, 6) is -1.84. The summed E-state index contributed by atoms with van der Waals surface area (Å²) < 4.78 is 5.05. The van der Waals surface area contributed by atoms with Crippen molar-refractivity contribution in [2.45, 2.75) is 13.8 Å². The highest BCUT2D eigenvalue weighted by Gasteiger charge is 2.14. The Morgan fingerprint density at radius 3 is 1.85 bits per heavy atom. The summed E-state index contributed by atoms with van der Waals surface area (Å²) in [6, 6.07) is 10.5. The van der Waals surface area contributed by atoms with E-state index in [1.807, 2.05) is 0 Å². The van der Waals surface area contributed by atoms with Gasteiger partial charge in [-0.1, -0.05) is 11.6 Å². The number of amides is 2. The average molecular weight is 389 g/mol. The topological polar surface area (TPSA) is 102 Å². The molecule has 2 rings (SSSR count). The molecule has 0 radical (unpaired) electrons. The molecule has 0 heterocycles. The van der Waals surface area contributed by atoms with Crippen LogP contribution in [0.15, 0.2) is 42.5 Å². The molecule has 0 unspecified atom stereocenters. The van der Waals surface area contributed by atoms with Gasteiger partial charge in [0.25, 0.3) is 0 Å². The summed E-state index contributed by atoms with van der Waals surface area (Å²) in [4.78, 5) is 46.9. The Balaban J connectivity index is 2.13.